The highest BCUT2D eigenvalue weighted by molar-refractivity contribution is 6.42. The molecule has 0 saturated heterocycles. The molecule has 0 spiro atoms. The lowest BCUT2D eigenvalue weighted by Gasteiger charge is -2.12. The predicted molar refractivity (Wildman–Crippen MR) is 120 cm³/mol. The second-order valence-electron chi connectivity index (χ2n) is 6.01. The number of aromatic nitrogens is 2. The summed E-state index contributed by atoms with van der Waals surface area (Å²) in [5.41, 5.74) is 2.80. The molecule has 4 aromatic rings. The Bertz CT molecular complexity index is 1090. The van der Waals surface area contributed by atoms with Crippen LogP contribution in [0.1, 0.15) is 5.56 Å². The van der Waals surface area contributed by atoms with Crippen LogP contribution in [0, 0.1) is 0 Å². The van der Waals surface area contributed by atoms with Crippen LogP contribution in [-0.2, 0) is 6.54 Å². The lowest BCUT2D eigenvalue weighted by atomic mass is 10.2. The number of nitrogens with zero attached hydrogens (tertiary/aromatic N) is 2. The fourth-order valence-corrected chi connectivity index (χ4v) is 3.05. The molecule has 2 N–H and O–H groups in total. The molecular weight excluding hydrogens is 415 g/mol. The van der Waals surface area contributed by atoms with Crippen molar-refractivity contribution in [2.75, 3.05) is 10.6 Å². The van der Waals surface area contributed by atoms with Crippen LogP contribution in [0.3, 0.4) is 0 Å². The fraction of sp³-hybridized carbons (Fsp3) is 0.0476. The van der Waals surface area contributed by atoms with Crippen molar-refractivity contribution in [3.63, 3.8) is 0 Å². The van der Waals surface area contributed by atoms with Crippen LogP contribution in [0.2, 0.25) is 10.0 Å². The van der Waals surface area contributed by atoms with Crippen LogP contribution in [0.5, 0.6) is 0 Å². The first-order valence-electron chi connectivity index (χ1n) is 8.46. The average Bonchev–Trinajstić information content (AvgIpc) is 2.70. The Morgan fingerprint density at radius 2 is 1.54 bits per heavy atom. The van der Waals surface area contributed by atoms with E-state index in [2.05, 4.69) is 32.7 Å². The molecule has 0 aliphatic heterocycles. The quantitative estimate of drug-likeness (QED) is 0.368. The number of hydrogen-bond donors (Lipinski definition) is 2. The molecule has 142 valence electrons. The Balaban J connectivity index is 0.00000225. The first-order chi connectivity index (χ1) is 13.2. The van der Waals surface area contributed by atoms with Gasteiger partial charge in [-0.1, -0.05) is 65.7 Å². The highest BCUT2D eigenvalue weighted by Crippen LogP contribution is 2.28. The summed E-state index contributed by atoms with van der Waals surface area (Å²) in [5, 5.41) is 8.56. The number of nitrogens with one attached hydrogen (secondary N) is 2. The number of rotatable bonds is 5. The summed E-state index contributed by atoms with van der Waals surface area (Å²) in [6.07, 6.45) is 0. The summed E-state index contributed by atoms with van der Waals surface area (Å²) in [4.78, 5) is 9.25. The molecule has 0 radical (unpaired) electrons. The van der Waals surface area contributed by atoms with Gasteiger partial charge in [-0.05, 0) is 35.9 Å². The lowest BCUT2D eigenvalue weighted by Crippen LogP contribution is -2.05. The van der Waals surface area contributed by atoms with Crippen molar-refractivity contribution in [3.05, 3.63) is 88.4 Å². The van der Waals surface area contributed by atoms with E-state index in [-0.39, 0.29) is 12.4 Å². The highest BCUT2D eigenvalue weighted by atomic mass is 35.5. The minimum atomic E-state index is 0. The first-order valence-corrected chi connectivity index (χ1v) is 9.21. The minimum absolute atomic E-state index is 0. The molecule has 0 saturated carbocycles. The summed E-state index contributed by atoms with van der Waals surface area (Å²) in [6.45, 7) is 0.675. The largest absolute Gasteiger partial charge is 0.365 e. The van der Waals surface area contributed by atoms with Crippen LogP contribution in [0.4, 0.5) is 17.5 Å². The Morgan fingerprint density at radius 3 is 2.32 bits per heavy atom. The van der Waals surface area contributed by atoms with Crippen molar-refractivity contribution < 1.29 is 0 Å². The zero-order chi connectivity index (χ0) is 18.6. The molecule has 0 aliphatic carbocycles. The van der Waals surface area contributed by atoms with E-state index >= 15 is 0 Å². The van der Waals surface area contributed by atoms with Gasteiger partial charge < -0.3 is 10.6 Å². The number of halogens is 3. The van der Waals surface area contributed by atoms with E-state index in [1.807, 2.05) is 48.5 Å². The van der Waals surface area contributed by atoms with Crippen LogP contribution >= 0.6 is 35.6 Å². The van der Waals surface area contributed by atoms with Crippen LogP contribution < -0.4 is 10.6 Å². The van der Waals surface area contributed by atoms with Crippen LogP contribution in [0.15, 0.2) is 72.8 Å². The molecule has 1 aromatic heterocycles. The summed E-state index contributed by atoms with van der Waals surface area (Å²) in [5.74, 6) is 1.26. The molecular formula is C21H17Cl3N4. The Hall–Kier alpha value is -2.53. The van der Waals surface area contributed by atoms with E-state index in [0.29, 0.717) is 22.5 Å². The van der Waals surface area contributed by atoms with E-state index < -0.39 is 0 Å². The molecule has 3 aromatic carbocycles. The second-order valence-corrected chi connectivity index (χ2v) is 6.82. The molecule has 28 heavy (non-hydrogen) atoms. The maximum atomic E-state index is 6.10. The standard InChI is InChI=1S/C21H16Cl2N4.ClH/c22-17-11-10-15(12-18(17)23)25-21-26-19-9-5-4-8-16(19)20(27-21)24-13-14-6-2-1-3-7-14;/h1-12H,13H2,(H2,24,25,26,27);1H. The van der Waals surface area contributed by atoms with Crippen molar-refractivity contribution in [1.29, 1.82) is 0 Å². The maximum absolute atomic E-state index is 6.10. The van der Waals surface area contributed by atoms with Crippen molar-refractivity contribution in [3.8, 4) is 0 Å². The number of para-hydroxylation sites is 1. The van der Waals surface area contributed by atoms with Gasteiger partial charge in [-0.2, -0.15) is 4.98 Å². The van der Waals surface area contributed by atoms with Gasteiger partial charge in [0.2, 0.25) is 5.95 Å². The zero-order valence-corrected chi connectivity index (χ0v) is 17.0. The van der Waals surface area contributed by atoms with E-state index in [0.717, 1.165) is 22.4 Å². The third-order valence-electron chi connectivity index (χ3n) is 4.08. The highest BCUT2D eigenvalue weighted by Gasteiger charge is 2.08. The Morgan fingerprint density at radius 1 is 0.786 bits per heavy atom. The summed E-state index contributed by atoms with van der Waals surface area (Å²) < 4.78 is 0. The molecule has 4 rings (SSSR count). The molecule has 4 nitrogen and oxygen atoms in total. The smallest absolute Gasteiger partial charge is 0.229 e. The molecule has 7 heteroatoms. The Labute approximate surface area is 179 Å². The van der Waals surface area contributed by atoms with Gasteiger partial charge in [-0.15, -0.1) is 12.4 Å². The van der Waals surface area contributed by atoms with E-state index in [4.69, 9.17) is 23.2 Å². The summed E-state index contributed by atoms with van der Waals surface area (Å²) >= 11 is 12.1. The lowest BCUT2D eigenvalue weighted by molar-refractivity contribution is 1.10. The molecule has 0 unspecified atom stereocenters. The molecule has 0 fully saturated rings. The Kier molecular flexibility index (Phi) is 6.57. The fourth-order valence-electron chi connectivity index (χ4n) is 2.75. The van der Waals surface area contributed by atoms with Crippen molar-refractivity contribution >= 4 is 64.0 Å². The molecule has 0 aliphatic rings. The van der Waals surface area contributed by atoms with Crippen molar-refractivity contribution in [1.82, 2.24) is 9.97 Å². The SMILES string of the molecule is Cl.Clc1ccc(Nc2nc(NCc3ccccc3)c3ccccc3n2)cc1Cl. The first kappa shape index (κ1) is 20.2. The van der Waals surface area contributed by atoms with Gasteiger partial charge in [0.05, 0.1) is 15.6 Å². The minimum Gasteiger partial charge on any atom is -0.365 e. The van der Waals surface area contributed by atoms with Gasteiger partial charge in [-0.3, -0.25) is 0 Å². The van der Waals surface area contributed by atoms with E-state index in [1.165, 1.54) is 5.56 Å². The summed E-state index contributed by atoms with van der Waals surface area (Å²) in [7, 11) is 0. The molecule has 0 bridgehead atoms. The van der Waals surface area contributed by atoms with Crippen LogP contribution in [0.25, 0.3) is 10.9 Å². The topological polar surface area (TPSA) is 49.8 Å². The number of anilines is 3. The third-order valence-corrected chi connectivity index (χ3v) is 4.82. The van der Waals surface area contributed by atoms with Gasteiger partial charge >= 0.3 is 0 Å². The second kappa shape index (κ2) is 9.11. The molecule has 0 atom stereocenters. The number of hydrogen-bond acceptors (Lipinski definition) is 4. The molecule has 0 amide bonds. The number of benzene rings is 3. The van der Waals surface area contributed by atoms with Crippen LogP contribution in [-0.4, -0.2) is 9.97 Å². The van der Waals surface area contributed by atoms with Gasteiger partial charge in [-0.25, -0.2) is 4.98 Å². The monoisotopic (exact) mass is 430 g/mol. The van der Waals surface area contributed by atoms with Gasteiger partial charge in [0, 0.05) is 17.6 Å². The van der Waals surface area contributed by atoms with E-state index in [9.17, 15) is 0 Å². The maximum Gasteiger partial charge on any atom is 0.229 e. The average molecular weight is 432 g/mol. The zero-order valence-electron chi connectivity index (χ0n) is 14.7. The van der Waals surface area contributed by atoms with E-state index in [1.54, 1.807) is 12.1 Å². The van der Waals surface area contributed by atoms with Gasteiger partial charge in [0.25, 0.3) is 0 Å². The normalized spacial score (nSPS) is 10.4. The van der Waals surface area contributed by atoms with Crippen molar-refractivity contribution in [2.45, 2.75) is 6.54 Å². The summed E-state index contributed by atoms with van der Waals surface area (Å²) in [6, 6.07) is 23.4. The third kappa shape index (κ3) is 4.65. The van der Waals surface area contributed by atoms with Crippen molar-refractivity contribution in [2.24, 2.45) is 0 Å². The number of fused-ring (bicyclic) bond motifs is 1. The van der Waals surface area contributed by atoms with Gasteiger partial charge in [0.15, 0.2) is 0 Å². The van der Waals surface area contributed by atoms with Gasteiger partial charge in [0.1, 0.15) is 5.82 Å². The predicted octanol–water partition coefficient (Wildman–Crippen LogP) is 6.71. The molecule has 1 heterocycles.